The van der Waals surface area contributed by atoms with Crippen LogP contribution in [0.15, 0.2) is 39.6 Å². The van der Waals surface area contributed by atoms with Crippen molar-refractivity contribution < 1.29 is 19.1 Å². The number of aryl methyl sites for hydroxylation is 2. The lowest BCUT2D eigenvalue weighted by Gasteiger charge is -2.09. The van der Waals surface area contributed by atoms with E-state index in [-0.39, 0.29) is 0 Å². The van der Waals surface area contributed by atoms with Gasteiger partial charge in [0, 0.05) is 29.3 Å². The van der Waals surface area contributed by atoms with Crippen LogP contribution in [0, 0.1) is 13.8 Å². The van der Waals surface area contributed by atoms with Gasteiger partial charge in [0.1, 0.15) is 5.58 Å². The zero-order valence-corrected chi connectivity index (χ0v) is 11.5. The smallest absolute Gasteiger partial charge is 0.336 e. The van der Waals surface area contributed by atoms with Gasteiger partial charge in [0.25, 0.3) is 0 Å². The molecule has 0 bridgehead atoms. The van der Waals surface area contributed by atoms with Crippen LogP contribution in [0.5, 0.6) is 0 Å². The highest BCUT2D eigenvalue weighted by atomic mass is 16.4. The predicted octanol–water partition coefficient (Wildman–Crippen LogP) is 1.99. The van der Waals surface area contributed by atoms with Crippen LogP contribution >= 0.6 is 0 Å². The molecule has 108 valence electrons. The van der Waals surface area contributed by atoms with Crippen molar-refractivity contribution in [3.05, 3.63) is 51.9 Å². The number of benzene rings is 1. The van der Waals surface area contributed by atoms with Gasteiger partial charge in [0.15, 0.2) is 0 Å². The summed E-state index contributed by atoms with van der Waals surface area (Å²) in [5, 5.41) is 11.8. The van der Waals surface area contributed by atoms with Crippen molar-refractivity contribution in [2.24, 2.45) is 0 Å². The maximum Gasteiger partial charge on any atom is 0.336 e. The fourth-order valence-corrected chi connectivity index (χ4v) is 1.92. The molecule has 6 heteroatoms. The number of nitrogens with one attached hydrogen (secondary N) is 1. The Balaban J connectivity index is 2.41. The highest BCUT2D eigenvalue weighted by Crippen LogP contribution is 2.24. The van der Waals surface area contributed by atoms with Gasteiger partial charge in [-0.2, -0.15) is 0 Å². The summed E-state index contributed by atoms with van der Waals surface area (Å²) in [4.78, 5) is 33.3. The SMILES string of the molecule is Cc1cc2oc(=O)cc(C)c2cc1NC(=O)/C=C/C(=O)O. The van der Waals surface area contributed by atoms with Crippen molar-refractivity contribution in [2.45, 2.75) is 13.8 Å². The zero-order valence-electron chi connectivity index (χ0n) is 11.5. The second kappa shape index (κ2) is 5.62. The van der Waals surface area contributed by atoms with Crippen LogP contribution in [0.1, 0.15) is 11.1 Å². The predicted molar refractivity (Wildman–Crippen MR) is 77.4 cm³/mol. The molecular formula is C15H13NO5. The summed E-state index contributed by atoms with van der Waals surface area (Å²) in [5.74, 6) is -1.74. The second-order valence-electron chi connectivity index (χ2n) is 4.57. The Morgan fingerprint density at radius 1 is 1.14 bits per heavy atom. The lowest BCUT2D eigenvalue weighted by molar-refractivity contribution is -0.131. The minimum Gasteiger partial charge on any atom is -0.478 e. The molecule has 2 rings (SSSR count). The number of carbonyl (C=O) groups excluding carboxylic acids is 1. The maximum atomic E-state index is 11.6. The topological polar surface area (TPSA) is 96.6 Å². The molecule has 0 unspecified atom stereocenters. The zero-order chi connectivity index (χ0) is 15.6. The van der Waals surface area contributed by atoms with Crippen molar-refractivity contribution in [2.75, 3.05) is 5.32 Å². The van der Waals surface area contributed by atoms with E-state index in [0.29, 0.717) is 22.2 Å². The van der Waals surface area contributed by atoms with Gasteiger partial charge in [-0.3, -0.25) is 4.79 Å². The van der Waals surface area contributed by atoms with Crippen molar-refractivity contribution in [3.8, 4) is 0 Å². The standard InChI is InChI=1S/C15H13NO5/c1-8-6-15(20)21-12-5-9(2)11(7-10(8)12)16-13(17)3-4-14(18)19/h3-7H,1-2H3,(H,16,17)(H,18,19)/b4-3+. The van der Waals surface area contributed by atoms with Gasteiger partial charge < -0.3 is 14.8 Å². The molecule has 0 aliphatic carbocycles. The third kappa shape index (κ3) is 3.36. The van der Waals surface area contributed by atoms with E-state index in [1.54, 1.807) is 26.0 Å². The Morgan fingerprint density at radius 3 is 2.52 bits per heavy atom. The maximum absolute atomic E-state index is 11.6. The van der Waals surface area contributed by atoms with Crippen LogP contribution in [0.3, 0.4) is 0 Å². The average Bonchev–Trinajstić information content (AvgIpc) is 2.38. The van der Waals surface area contributed by atoms with Gasteiger partial charge in [0.05, 0.1) is 0 Å². The number of aliphatic carboxylic acids is 1. The van der Waals surface area contributed by atoms with E-state index in [0.717, 1.165) is 17.7 Å². The molecule has 0 aliphatic heterocycles. The molecule has 0 atom stereocenters. The fourth-order valence-electron chi connectivity index (χ4n) is 1.92. The Morgan fingerprint density at radius 2 is 1.86 bits per heavy atom. The van der Waals surface area contributed by atoms with E-state index < -0.39 is 17.5 Å². The average molecular weight is 287 g/mol. The van der Waals surface area contributed by atoms with Crippen LogP contribution in [0.2, 0.25) is 0 Å². The molecule has 0 spiro atoms. The molecule has 1 aromatic heterocycles. The van der Waals surface area contributed by atoms with Gasteiger partial charge in [-0.25, -0.2) is 9.59 Å². The molecule has 1 amide bonds. The minimum absolute atomic E-state index is 0.430. The lowest BCUT2D eigenvalue weighted by atomic mass is 10.1. The molecule has 0 saturated carbocycles. The van der Waals surface area contributed by atoms with Gasteiger partial charge in [-0.15, -0.1) is 0 Å². The van der Waals surface area contributed by atoms with Crippen LogP contribution < -0.4 is 10.9 Å². The first-order valence-corrected chi connectivity index (χ1v) is 6.14. The van der Waals surface area contributed by atoms with Gasteiger partial charge in [-0.1, -0.05) is 0 Å². The summed E-state index contributed by atoms with van der Waals surface area (Å²) in [6.45, 7) is 3.52. The molecular weight excluding hydrogens is 274 g/mol. The molecule has 0 saturated heterocycles. The number of carboxylic acids is 1. The van der Waals surface area contributed by atoms with Crippen LogP contribution in [-0.2, 0) is 9.59 Å². The summed E-state index contributed by atoms with van der Waals surface area (Å²) in [6, 6.07) is 4.71. The third-order valence-corrected chi connectivity index (χ3v) is 2.93. The van der Waals surface area contributed by atoms with E-state index in [1.165, 1.54) is 6.07 Å². The second-order valence-corrected chi connectivity index (χ2v) is 4.57. The molecule has 2 aromatic rings. The number of carboxylic acid groups (broad SMARTS) is 1. The molecule has 21 heavy (non-hydrogen) atoms. The Bertz CT molecular complexity index is 817. The summed E-state index contributed by atoms with van der Waals surface area (Å²) in [5.41, 5.74) is 1.97. The normalized spacial score (nSPS) is 11.0. The van der Waals surface area contributed by atoms with Crippen molar-refractivity contribution in [3.63, 3.8) is 0 Å². The van der Waals surface area contributed by atoms with Gasteiger partial charge in [0.2, 0.25) is 5.91 Å². The van der Waals surface area contributed by atoms with Crippen LogP contribution in [0.25, 0.3) is 11.0 Å². The van der Waals surface area contributed by atoms with Gasteiger partial charge >= 0.3 is 11.6 Å². The van der Waals surface area contributed by atoms with Crippen LogP contribution in [-0.4, -0.2) is 17.0 Å². The molecule has 2 N–H and O–H groups in total. The summed E-state index contributed by atoms with van der Waals surface area (Å²) < 4.78 is 5.10. The summed E-state index contributed by atoms with van der Waals surface area (Å²) in [7, 11) is 0. The molecule has 0 aliphatic rings. The van der Waals surface area contributed by atoms with Crippen LogP contribution in [0.4, 0.5) is 5.69 Å². The third-order valence-electron chi connectivity index (χ3n) is 2.93. The summed E-state index contributed by atoms with van der Waals surface area (Å²) >= 11 is 0. The lowest BCUT2D eigenvalue weighted by Crippen LogP contribution is -2.10. The Kier molecular flexibility index (Phi) is 3.89. The Hall–Kier alpha value is -2.89. The number of anilines is 1. The highest BCUT2D eigenvalue weighted by molar-refractivity contribution is 6.03. The Labute approximate surface area is 119 Å². The first kappa shape index (κ1) is 14.5. The van der Waals surface area contributed by atoms with E-state index in [4.69, 9.17) is 9.52 Å². The number of hydrogen-bond acceptors (Lipinski definition) is 4. The summed E-state index contributed by atoms with van der Waals surface area (Å²) in [6.07, 6.45) is 1.69. The largest absolute Gasteiger partial charge is 0.478 e. The minimum atomic E-state index is -1.20. The quantitative estimate of drug-likeness (QED) is 0.664. The molecule has 1 heterocycles. The van der Waals surface area contributed by atoms with Crippen molar-refractivity contribution in [1.82, 2.24) is 0 Å². The number of fused-ring (bicyclic) bond motifs is 1. The van der Waals surface area contributed by atoms with Crippen molar-refractivity contribution >= 4 is 28.5 Å². The molecule has 0 radical (unpaired) electrons. The van der Waals surface area contributed by atoms with E-state index in [9.17, 15) is 14.4 Å². The van der Waals surface area contributed by atoms with E-state index >= 15 is 0 Å². The highest BCUT2D eigenvalue weighted by Gasteiger charge is 2.08. The molecule has 6 nitrogen and oxygen atoms in total. The number of rotatable bonds is 3. The van der Waals surface area contributed by atoms with E-state index in [1.807, 2.05) is 0 Å². The number of hydrogen-bond donors (Lipinski definition) is 2. The number of amides is 1. The van der Waals surface area contributed by atoms with Crippen molar-refractivity contribution in [1.29, 1.82) is 0 Å². The monoisotopic (exact) mass is 287 g/mol. The first-order valence-electron chi connectivity index (χ1n) is 6.14. The van der Waals surface area contributed by atoms with E-state index in [2.05, 4.69) is 5.32 Å². The molecule has 1 aromatic carbocycles. The molecule has 0 fully saturated rings. The first-order chi connectivity index (χ1) is 9.86. The van der Waals surface area contributed by atoms with Gasteiger partial charge in [-0.05, 0) is 37.1 Å². The number of carbonyl (C=O) groups is 2. The fraction of sp³-hybridized carbons (Fsp3) is 0.133.